The lowest BCUT2D eigenvalue weighted by atomic mass is 9.88. The molecular weight excluding hydrogens is 340 g/mol. The highest BCUT2D eigenvalue weighted by Crippen LogP contribution is 2.42. The molecule has 0 aliphatic heterocycles. The molecule has 1 aromatic heterocycles. The van der Waals surface area contributed by atoms with Gasteiger partial charge >= 0.3 is 0 Å². The van der Waals surface area contributed by atoms with Gasteiger partial charge in [0, 0.05) is 16.3 Å². The van der Waals surface area contributed by atoms with E-state index in [9.17, 15) is 0 Å². The summed E-state index contributed by atoms with van der Waals surface area (Å²) in [4.78, 5) is 0. The van der Waals surface area contributed by atoms with Gasteiger partial charge in [-0.1, -0.05) is 84.9 Å². The minimum atomic E-state index is 0.938. The van der Waals surface area contributed by atoms with E-state index in [2.05, 4.69) is 85.8 Å². The van der Waals surface area contributed by atoms with Gasteiger partial charge in [0.25, 0.3) is 0 Å². The van der Waals surface area contributed by atoms with E-state index >= 15 is 0 Å². The Morgan fingerprint density at radius 2 is 1.07 bits per heavy atom. The molecule has 0 saturated heterocycles. The zero-order valence-electron chi connectivity index (χ0n) is 15.6. The summed E-state index contributed by atoms with van der Waals surface area (Å²) in [6.07, 6.45) is 0. The van der Waals surface area contributed by atoms with Crippen LogP contribution in [-0.4, -0.2) is 0 Å². The minimum absolute atomic E-state index is 0.938. The third-order valence-electron chi connectivity index (χ3n) is 5.87. The van der Waals surface area contributed by atoms with Gasteiger partial charge in [0.05, 0.1) is 0 Å². The number of rotatable bonds is 1. The van der Waals surface area contributed by atoms with Gasteiger partial charge in [0.15, 0.2) is 0 Å². The van der Waals surface area contributed by atoms with Gasteiger partial charge in [-0.05, 0) is 45.7 Å². The quantitative estimate of drug-likeness (QED) is 0.273. The van der Waals surface area contributed by atoms with Crippen molar-refractivity contribution in [1.82, 2.24) is 0 Å². The maximum atomic E-state index is 6.35. The highest BCUT2D eigenvalue weighted by Gasteiger charge is 2.17. The molecule has 28 heavy (non-hydrogen) atoms. The van der Waals surface area contributed by atoms with Crippen LogP contribution in [0, 0.1) is 6.92 Å². The fourth-order valence-corrected chi connectivity index (χ4v) is 4.61. The van der Waals surface area contributed by atoms with E-state index in [0.29, 0.717) is 0 Å². The summed E-state index contributed by atoms with van der Waals surface area (Å²) < 4.78 is 6.35. The lowest BCUT2D eigenvalue weighted by Gasteiger charge is -2.15. The van der Waals surface area contributed by atoms with Crippen molar-refractivity contribution in [3.63, 3.8) is 0 Å². The molecule has 0 radical (unpaired) electrons. The molecule has 0 atom stereocenters. The Labute approximate surface area is 162 Å². The minimum Gasteiger partial charge on any atom is -0.455 e. The first-order valence-corrected chi connectivity index (χ1v) is 9.63. The molecule has 0 aliphatic carbocycles. The number of para-hydroxylation sites is 2. The Kier molecular flexibility index (Phi) is 3.15. The van der Waals surface area contributed by atoms with E-state index in [1.54, 1.807) is 0 Å². The zero-order chi connectivity index (χ0) is 18.7. The first kappa shape index (κ1) is 15.5. The molecule has 5 aromatic carbocycles. The molecule has 0 amide bonds. The molecular formula is C27H18O. The molecule has 1 heteroatoms. The Bertz CT molecular complexity index is 1520. The van der Waals surface area contributed by atoms with Crippen molar-refractivity contribution in [2.24, 2.45) is 0 Å². The van der Waals surface area contributed by atoms with Crippen LogP contribution in [0.25, 0.3) is 54.6 Å². The van der Waals surface area contributed by atoms with E-state index in [4.69, 9.17) is 4.42 Å². The molecule has 6 aromatic rings. The lowest BCUT2D eigenvalue weighted by Crippen LogP contribution is -1.90. The first-order chi connectivity index (χ1) is 13.8. The fraction of sp³-hybridized carbons (Fsp3) is 0.0370. The van der Waals surface area contributed by atoms with Crippen LogP contribution in [0.1, 0.15) is 5.56 Å². The third kappa shape index (κ3) is 2.02. The predicted octanol–water partition coefficient (Wildman–Crippen LogP) is 7.87. The Morgan fingerprint density at radius 1 is 0.500 bits per heavy atom. The van der Waals surface area contributed by atoms with Crippen LogP contribution in [-0.2, 0) is 0 Å². The largest absolute Gasteiger partial charge is 0.455 e. The van der Waals surface area contributed by atoms with Crippen molar-refractivity contribution in [3.05, 3.63) is 96.6 Å². The van der Waals surface area contributed by atoms with E-state index in [0.717, 1.165) is 16.7 Å². The first-order valence-electron chi connectivity index (χ1n) is 9.63. The number of hydrogen-bond donors (Lipinski definition) is 0. The number of aryl methyl sites for hydroxylation is 1. The van der Waals surface area contributed by atoms with Gasteiger partial charge in [0.2, 0.25) is 0 Å². The molecule has 0 spiro atoms. The average Bonchev–Trinajstić information content (AvgIpc) is 3.14. The van der Waals surface area contributed by atoms with Crippen LogP contribution in [0.4, 0.5) is 0 Å². The molecule has 1 nitrogen and oxygen atoms in total. The monoisotopic (exact) mass is 358 g/mol. The van der Waals surface area contributed by atoms with Gasteiger partial charge < -0.3 is 4.42 Å². The summed E-state index contributed by atoms with van der Waals surface area (Å²) in [5.41, 5.74) is 5.62. The molecule has 1 heterocycles. The number of hydrogen-bond acceptors (Lipinski definition) is 1. The summed E-state index contributed by atoms with van der Waals surface area (Å²) in [5, 5.41) is 7.49. The van der Waals surface area contributed by atoms with Crippen LogP contribution in [0.15, 0.2) is 95.4 Å². The highest BCUT2D eigenvalue weighted by molar-refractivity contribution is 6.19. The molecule has 0 fully saturated rings. The van der Waals surface area contributed by atoms with E-state index in [1.807, 2.05) is 12.1 Å². The molecule has 0 unspecified atom stereocenters. The van der Waals surface area contributed by atoms with Crippen molar-refractivity contribution in [3.8, 4) is 11.1 Å². The topological polar surface area (TPSA) is 13.1 Å². The maximum Gasteiger partial charge on any atom is 0.143 e. The smallest absolute Gasteiger partial charge is 0.143 e. The SMILES string of the molecule is Cc1c(-c2cccc3c2oc2ccccc23)c2ccccc2c2ccccc12. The number of benzene rings is 5. The summed E-state index contributed by atoms with van der Waals surface area (Å²) in [7, 11) is 0. The van der Waals surface area contributed by atoms with Crippen LogP contribution in [0.2, 0.25) is 0 Å². The Hall–Kier alpha value is -3.58. The summed E-state index contributed by atoms with van der Waals surface area (Å²) in [6.45, 7) is 2.23. The Morgan fingerprint density at radius 3 is 1.86 bits per heavy atom. The van der Waals surface area contributed by atoms with Crippen LogP contribution in [0.5, 0.6) is 0 Å². The summed E-state index contributed by atoms with van der Waals surface area (Å²) in [6, 6.07) is 32.1. The molecule has 132 valence electrons. The highest BCUT2D eigenvalue weighted by atomic mass is 16.3. The van der Waals surface area contributed by atoms with Crippen LogP contribution >= 0.6 is 0 Å². The predicted molar refractivity (Wildman–Crippen MR) is 119 cm³/mol. The normalized spacial score (nSPS) is 11.8. The third-order valence-corrected chi connectivity index (χ3v) is 5.87. The standard InChI is InChI=1S/C27H18O/c1-17-18-9-2-3-10-19(18)20-11-4-5-13-22(20)26(17)24-15-8-14-23-21-12-6-7-16-25(21)28-27(23)24/h2-16H,1H3. The molecule has 0 bridgehead atoms. The summed E-state index contributed by atoms with van der Waals surface area (Å²) >= 11 is 0. The molecule has 0 N–H and O–H groups in total. The van der Waals surface area contributed by atoms with Gasteiger partial charge in [-0.25, -0.2) is 0 Å². The zero-order valence-corrected chi connectivity index (χ0v) is 15.6. The van der Waals surface area contributed by atoms with Crippen LogP contribution < -0.4 is 0 Å². The fourth-order valence-electron chi connectivity index (χ4n) is 4.61. The van der Waals surface area contributed by atoms with Gasteiger partial charge in [-0.15, -0.1) is 0 Å². The number of furan rings is 1. The van der Waals surface area contributed by atoms with Gasteiger partial charge in [-0.3, -0.25) is 0 Å². The van der Waals surface area contributed by atoms with Gasteiger partial charge in [0.1, 0.15) is 11.2 Å². The summed E-state index contributed by atoms with van der Waals surface area (Å²) in [5.74, 6) is 0. The lowest BCUT2D eigenvalue weighted by molar-refractivity contribution is 0.670. The number of fused-ring (bicyclic) bond motifs is 6. The molecule has 0 saturated carbocycles. The Balaban J connectivity index is 1.84. The molecule has 6 rings (SSSR count). The maximum absolute atomic E-state index is 6.35. The van der Waals surface area contributed by atoms with E-state index in [1.165, 1.54) is 43.4 Å². The second kappa shape index (κ2) is 5.71. The second-order valence-electron chi connectivity index (χ2n) is 7.37. The van der Waals surface area contributed by atoms with Crippen molar-refractivity contribution in [2.45, 2.75) is 6.92 Å². The average molecular weight is 358 g/mol. The van der Waals surface area contributed by atoms with E-state index < -0.39 is 0 Å². The van der Waals surface area contributed by atoms with Crippen LogP contribution in [0.3, 0.4) is 0 Å². The van der Waals surface area contributed by atoms with E-state index in [-0.39, 0.29) is 0 Å². The van der Waals surface area contributed by atoms with Crippen molar-refractivity contribution in [1.29, 1.82) is 0 Å². The van der Waals surface area contributed by atoms with Gasteiger partial charge in [-0.2, -0.15) is 0 Å². The van der Waals surface area contributed by atoms with Crippen molar-refractivity contribution >= 4 is 43.5 Å². The van der Waals surface area contributed by atoms with Crippen molar-refractivity contribution in [2.75, 3.05) is 0 Å². The molecule has 0 aliphatic rings. The second-order valence-corrected chi connectivity index (χ2v) is 7.37. The van der Waals surface area contributed by atoms with Crippen molar-refractivity contribution < 1.29 is 4.42 Å².